The highest BCUT2D eigenvalue weighted by Gasteiger charge is 2.21. The minimum absolute atomic E-state index is 0.0704. The first-order chi connectivity index (χ1) is 8.96. The van der Waals surface area contributed by atoms with Gasteiger partial charge in [-0.15, -0.1) is 11.6 Å². The lowest BCUT2D eigenvalue weighted by Gasteiger charge is -2.24. The number of aromatic nitrogens is 2. The molecule has 0 aliphatic carbocycles. The fourth-order valence-electron chi connectivity index (χ4n) is 2.04. The normalized spacial score (nSPS) is 12.3. The SMILES string of the molecule is CSC(C)(C)Cn1c(CCCl)nc2ccc(F)cc21. The maximum Gasteiger partial charge on any atom is 0.125 e. The molecule has 1 aromatic heterocycles. The summed E-state index contributed by atoms with van der Waals surface area (Å²) in [6.45, 7) is 5.14. The van der Waals surface area contributed by atoms with Gasteiger partial charge in [-0.05, 0) is 38.3 Å². The van der Waals surface area contributed by atoms with E-state index in [0.29, 0.717) is 12.3 Å². The lowest BCUT2D eigenvalue weighted by atomic mass is 10.2. The molecular formula is C14H18ClFN2S. The quantitative estimate of drug-likeness (QED) is 0.774. The van der Waals surface area contributed by atoms with Crippen molar-refractivity contribution in [3.8, 4) is 0 Å². The molecule has 1 aromatic carbocycles. The molecule has 0 atom stereocenters. The summed E-state index contributed by atoms with van der Waals surface area (Å²) in [5.74, 6) is 1.22. The number of benzene rings is 1. The predicted octanol–water partition coefficient (Wildman–Crippen LogP) is 4.10. The van der Waals surface area contributed by atoms with Crippen molar-refractivity contribution in [2.24, 2.45) is 0 Å². The number of rotatable bonds is 5. The van der Waals surface area contributed by atoms with E-state index >= 15 is 0 Å². The van der Waals surface area contributed by atoms with Gasteiger partial charge in [0.05, 0.1) is 11.0 Å². The van der Waals surface area contributed by atoms with Gasteiger partial charge in [0.15, 0.2) is 0 Å². The van der Waals surface area contributed by atoms with E-state index in [0.717, 1.165) is 23.4 Å². The zero-order valence-corrected chi connectivity index (χ0v) is 13.0. The molecule has 0 unspecified atom stereocenters. The standard InChI is InChI=1S/C14H18ClFN2S/c1-14(2,19-3)9-18-12-8-10(16)4-5-11(12)17-13(18)6-7-15/h4-5,8H,6-7,9H2,1-3H3. The zero-order chi connectivity index (χ0) is 14.0. The number of hydrogen-bond donors (Lipinski definition) is 0. The Morgan fingerprint density at radius 3 is 2.79 bits per heavy atom. The van der Waals surface area contributed by atoms with Crippen LogP contribution in [0.25, 0.3) is 11.0 Å². The van der Waals surface area contributed by atoms with Crippen LogP contribution in [0, 0.1) is 5.82 Å². The molecule has 19 heavy (non-hydrogen) atoms. The van der Waals surface area contributed by atoms with E-state index in [1.165, 1.54) is 6.07 Å². The topological polar surface area (TPSA) is 17.8 Å². The highest BCUT2D eigenvalue weighted by atomic mass is 35.5. The Kier molecular flexibility index (Phi) is 4.41. The van der Waals surface area contributed by atoms with Crippen molar-refractivity contribution in [1.29, 1.82) is 0 Å². The van der Waals surface area contributed by atoms with Crippen molar-refractivity contribution in [3.63, 3.8) is 0 Å². The van der Waals surface area contributed by atoms with Gasteiger partial charge in [-0.25, -0.2) is 9.37 Å². The predicted molar refractivity (Wildman–Crippen MR) is 81.7 cm³/mol. The lowest BCUT2D eigenvalue weighted by Crippen LogP contribution is -2.23. The van der Waals surface area contributed by atoms with Crippen LogP contribution in [-0.4, -0.2) is 26.4 Å². The van der Waals surface area contributed by atoms with Crippen molar-refractivity contribution in [1.82, 2.24) is 9.55 Å². The van der Waals surface area contributed by atoms with Gasteiger partial charge in [0.25, 0.3) is 0 Å². The Bertz CT molecular complexity index is 580. The van der Waals surface area contributed by atoms with Gasteiger partial charge in [-0.2, -0.15) is 11.8 Å². The summed E-state index contributed by atoms with van der Waals surface area (Å²) < 4.78 is 15.6. The molecule has 0 aliphatic heterocycles. The number of nitrogens with zero attached hydrogens (tertiary/aromatic N) is 2. The first-order valence-corrected chi connectivity index (χ1v) is 7.98. The second-order valence-corrected chi connectivity index (χ2v) is 7.04. The number of thioether (sulfide) groups is 1. The van der Waals surface area contributed by atoms with Crippen LogP contribution in [0.1, 0.15) is 19.7 Å². The maximum atomic E-state index is 13.5. The molecule has 2 aromatic rings. The summed E-state index contributed by atoms with van der Waals surface area (Å²) in [6, 6.07) is 4.73. The molecule has 0 bridgehead atoms. The van der Waals surface area contributed by atoms with Gasteiger partial charge in [-0.3, -0.25) is 0 Å². The number of imidazole rings is 1. The van der Waals surface area contributed by atoms with Crippen LogP contribution in [0.3, 0.4) is 0 Å². The van der Waals surface area contributed by atoms with Crippen LogP contribution < -0.4 is 0 Å². The summed E-state index contributed by atoms with van der Waals surface area (Å²) in [7, 11) is 0. The third-order valence-electron chi connectivity index (χ3n) is 3.20. The first kappa shape index (κ1) is 14.7. The molecule has 104 valence electrons. The van der Waals surface area contributed by atoms with E-state index in [9.17, 15) is 4.39 Å². The Morgan fingerprint density at radius 1 is 1.42 bits per heavy atom. The molecule has 5 heteroatoms. The van der Waals surface area contributed by atoms with Crippen LogP contribution in [0.5, 0.6) is 0 Å². The molecule has 1 heterocycles. The lowest BCUT2D eigenvalue weighted by molar-refractivity contribution is 0.560. The van der Waals surface area contributed by atoms with Crippen LogP contribution in [-0.2, 0) is 13.0 Å². The molecule has 0 saturated carbocycles. The highest BCUT2D eigenvalue weighted by Crippen LogP contribution is 2.27. The largest absolute Gasteiger partial charge is 0.326 e. The van der Waals surface area contributed by atoms with Gasteiger partial charge in [0.2, 0.25) is 0 Å². The van der Waals surface area contributed by atoms with Gasteiger partial charge >= 0.3 is 0 Å². The fraction of sp³-hybridized carbons (Fsp3) is 0.500. The Morgan fingerprint density at radius 2 is 2.16 bits per heavy atom. The average Bonchev–Trinajstić information content (AvgIpc) is 2.68. The number of halogens is 2. The van der Waals surface area contributed by atoms with Crippen LogP contribution in [0.2, 0.25) is 0 Å². The van der Waals surface area contributed by atoms with E-state index in [1.54, 1.807) is 23.9 Å². The molecule has 0 N–H and O–H groups in total. The second kappa shape index (κ2) is 5.71. The number of alkyl halides is 1. The summed E-state index contributed by atoms with van der Waals surface area (Å²) in [5.41, 5.74) is 1.68. The van der Waals surface area contributed by atoms with E-state index in [2.05, 4.69) is 29.7 Å². The second-order valence-electron chi connectivity index (χ2n) is 5.15. The summed E-state index contributed by atoms with van der Waals surface area (Å²) in [5, 5.41) is 0. The smallest absolute Gasteiger partial charge is 0.125 e. The number of hydrogen-bond acceptors (Lipinski definition) is 2. The molecule has 0 saturated heterocycles. The minimum atomic E-state index is -0.229. The highest BCUT2D eigenvalue weighted by molar-refractivity contribution is 7.99. The van der Waals surface area contributed by atoms with E-state index in [-0.39, 0.29) is 10.6 Å². The van der Waals surface area contributed by atoms with Crippen LogP contribution in [0.4, 0.5) is 4.39 Å². The Hall–Kier alpha value is -0.740. The summed E-state index contributed by atoms with van der Waals surface area (Å²) in [6.07, 6.45) is 2.78. The summed E-state index contributed by atoms with van der Waals surface area (Å²) in [4.78, 5) is 4.56. The van der Waals surface area contributed by atoms with Gasteiger partial charge in [0.1, 0.15) is 11.6 Å². The van der Waals surface area contributed by atoms with Crippen molar-refractivity contribution in [3.05, 3.63) is 29.8 Å². The number of aryl methyl sites for hydroxylation is 1. The van der Waals surface area contributed by atoms with Crippen molar-refractivity contribution in [2.75, 3.05) is 12.1 Å². The maximum absolute atomic E-state index is 13.5. The third kappa shape index (κ3) is 3.23. The minimum Gasteiger partial charge on any atom is -0.326 e. The van der Waals surface area contributed by atoms with E-state index < -0.39 is 0 Å². The third-order valence-corrected chi connectivity index (χ3v) is 4.62. The fourth-order valence-corrected chi connectivity index (χ4v) is 2.47. The molecule has 0 spiro atoms. The van der Waals surface area contributed by atoms with Crippen molar-refractivity contribution < 1.29 is 4.39 Å². The zero-order valence-electron chi connectivity index (χ0n) is 11.4. The molecule has 2 rings (SSSR count). The molecular weight excluding hydrogens is 283 g/mol. The molecule has 0 fully saturated rings. The number of fused-ring (bicyclic) bond motifs is 1. The summed E-state index contributed by atoms with van der Waals surface area (Å²) >= 11 is 7.63. The Labute approximate surface area is 122 Å². The van der Waals surface area contributed by atoms with Crippen LogP contribution in [0.15, 0.2) is 18.2 Å². The molecule has 0 amide bonds. The van der Waals surface area contributed by atoms with Crippen molar-refractivity contribution in [2.45, 2.75) is 31.6 Å². The van der Waals surface area contributed by atoms with Crippen molar-refractivity contribution >= 4 is 34.4 Å². The van der Waals surface area contributed by atoms with Gasteiger partial charge < -0.3 is 4.57 Å². The molecule has 0 aliphatic rings. The first-order valence-electron chi connectivity index (χ1n) is 6.22. The van der Waals surface area contributed by atoms with Crippen LogP contribution >= 0.6 is 23.4 Å². The monoisotopic (exact) mass is 300 g/mol. The van der Waals surface area contributed by atoms with E-state index in [1.807, 2.05) is 0 Å². The van der Waals surface area contributed by atoms with E-state index in [4.69, 9.17) is 11.6 Å². The molecule has 2 nitrogen and oxygen atoms in total. The molecule has 0 radical (unpaired) electrons. The van der Waals surface area contributed by atoms with Gasteiger partial charge in [0, 0.05) is 23.6 Å². The average molecular weight is 301 g/mol. The Balaban J connectivity index is 2.53. The van der Waals surface area contributed by atoms with Gasteiger partial charge in [-0.1, -0.05) is 0 Å².